The van der Waals surface area contributed by atoms with E-state index >= 15 is 0 Å². The smallest absolute Gasteiger partial charge is 0.254 e. The van der Waals surface area contributed by atoms with Gasteiger partial charge in [-0.15, -0.1) is 0 Å². The summed E-state index contributed by atoms with van der Waals surface area (Å²) in [6, 6.07) is 7.51. The molecule has 0 saturated carbocycles. The number of aliphatic imine (C=N–C) groups is 1. The minimum Gasteiger partial charge on any atom is -0.493 e. The molecule has 0 radical (unpaired) electrons. The summed E-state index contributed by atoms with van der Waals surface area (Å²) in [4.78, 5) is 23.6. The van der Waals surface area contributed by atoms with Crippen LogP contribution in [0.3, 0.4) is 0 Å². The summed E-state index contributed by atoms with van der Waals surface area (Å²) in [6.45, 7) is 6.05. The van der Waals surface area contributed by atoms with Gasteiger partial charge in [0.15, 0.2) is 0 Å². The third-order valence-corrected chi connectivity index (χ3v) is 3.27. The van der Waals surface area contributed by atoms with Crippen LogP contribution in [-0.2, 0) is 0 Å². The molecule has 0 aliphatic heterocycles. The van der Waals surface area contributed by atoms with Gasteiger partial charge >= 0.3 is 0 Å². The van der Waals surface area contributed by atoms with Gasteiger partial charge in [0.2, 0.25) is 0 Å². The Morgan fingerprint density at radius 2 is 2.10 bits per heavy atom. The Morgan fingerprint density at radius 3 is 2.76 bits per heavy atom. The van der Waals surface area contributed by atoms with Crippen LogP contribution in [0.1, 0.15) is 25.1 Å². The van der Waals surface area contributed by atoms with E-state index in [9.17, 15) is 4.79 Å². The van der Waals surface area contributed by atoms with Crippen molar-refractivity contribution in [1.29, 1.82) is 0 Å². The van der Waals surface area contributed by atoms with E-state index < -0.39 is 0 Å². The third kappa shape index (κ3) is 3.02. The monoisotopic (exact) mass is 285 g/mol. The van der Waals surface area contributed by atoms with Gasteiger partial charge < -0.3 is 9.72 Å². The number of nitrogens with one attached hydrogen (secondary N) is 1. The number of nitrogens with zero attached hydrogens (tertiary/aromatic N) is 2. The van der Waals surface area contributed by atoms with Crippen molar-refractivity contribution in [2.45, 2.75) is 20.8 Å². The van der Waals surface area contributed by atoms with Crippen molar-refractivity contribution >= 4 is 5.71 Å². The summed E-state index contributed by atoms with van der Waals surface area (Å²) in [5.41, 5.74) is 2.51. The van der Waals surface area contributed by atoms with Crippen LogP contribution < -0.4 is 10.3 Å². The van der Waals surface area contributed by atoms with Gasteiger partial charge in [-0.25, -0.2) is 4.98 Å². The molecule has 5 heteroatoms. The predicted octanol–water partition coefficient (Wildman–Crippen LogP) is 2.58. The molecule has 0 atom stereocenters. The van der Waals surface area contributed by atoms with E-state index in [1.54, 1.807) is 14.0 Å². The van der Waals surface area contributed by atoms with E-state index in [0.717, 1.165) is 11.3 Å². The maximum Gasteiger partial charge on any atom is 0.254 e. The molecule has 5 nitrogen and oxygen atoms in total. The maximum atomic E-state index is 12.1. The molecule has 0 bridgehead atoms. The van der Waals surface area contributed by atoms with Gasteiger partial charge in [0.1, 0.15) is 11.6 Å². The lowest BCUT2D eigenvalue weighted by Gasteiger charge is -2.11. The SMILES string of the molecule is CCOc1ccccc1-c1nc(C(C)=NC)c(C)c(=O)[nH]1. The molecule has 2 rings (SSSR count). The molecule has 0 aliphatic carbocycles. The zero-order valence-electron chi connectivity index (χ0n) is 12.7. The molecule has 1 aromatic heterocycles. The molecule has 1 heterocycles. The Hall–Kier alpha value is -2.43. The Labute approximate surface area is 123 Å². The van der Waals surface area contributed by atoms with E-state index in [4.69, 9.17) is 4.74 Å². The topological polar surface area (TPSA) is 67.3 Å². The van der Waals surface area contributed by atoms with Crippen molar-refractivity contribution in [3.05, 3.63) is 45.9 Å². The summed E-state index contributed by atoms with van der Waals surface area (Å²) in [5, 5.41) is 0. The van der Waals surface area contributed by atoms with E-state index in [0.29, 0.717) is 29.4 Å². The Kier molecular flexibility index (Phi) is 4.52. The second-order valence-electron chi connectivity index (χ2n) is 4.63. The summed E-state index contributed by atoms with van der Waals surface area (Å²) < 4.78 is 5.60. The number of hydrogen-bond acceptors (Lipinski definition) is 4. The number of H-pyrrole nitrogens is 1. The molecule has 110 valence electrons. The second kappa shape index (κ2) is 6.35. The maximum absolute atomic E-state index is 12.1. The molecule has 1 N–H and O–H groups in total. The van der Waals surface area contributed by atoms with Gasteiger partial charge in [-0.2, -0.15) is 0 Å². The standard InChI is InChI=1S/C16H19N3O2/c1-5-21-13-9-7-6-8-12(13)15-18-14(11(3)17-4)10(2)16(20)19-15/h6-9H,5H2,1-4H3,(H,18,19,20). The minimum absolute atomic E-state index is 0.163. The fraction of sp³-hybridized carbons (Fsp3) is 0.312. The van der Waals surface area contributed by atoms with Gasteiger partial charge in [-0.05, 0) is 32.9 Å². The van der Waals surface area contributed by atoms with Crippen LogP contribution in [0.2, 0.25) is 0 Å². The summed E-state index contributed by atoms with van der Waals surface area (Å²) in [6.07, 6.45) is 0. The first-order valence-electron chi connectivity index (χ1n) is 6.85. The van der Waals surface area contributed by atoms with Crippen LogP contribution in [0.15, 0.2) is 34.1 Å². The number of aromatic amines is 1. The second-order valence-corrected chi connectivity index (χ2v) is 4.63. The molecule has 21 heavy (non-hydrogen) atoms. The molecule has 0 spiro atoms. The first-order chi connectivity index (χ1) is 10.1. The molecular formula is C16H19N3O2. The fourth-order valence-corrected chi connectivity index (χ4v) is 2.06. The largest absolute Gasteiger partial charge is 0.493 e. The minimum atomic E-state index is -0.163. The first-order valence-corrected chi connectivity index (χ1v) is 6.85. The van der Waals surface area contributed by atoms with Crippen LogP contribution in [0.4, 0.5) is 0 Å². The van der Waals surface area contributed by atoms with Crippen LogP contribution in [-0.4, -0.2) is 29.3 Å². The molecule has 0 unspecified atom stereocenters. The molecule has 0 saturated heterocycles. The van der Waals surface area contributed by atoms with Gasteiger partial charge in [-0.3, -0.25) is 9.79 Å². The average Bonchev–Trinajstić information content (AvgIpc) is 2.50. The molecule has 0 amide bonds. The Bertz CT molecular complexity index is 733. The summed E-state index contributed by atoms with van der Waals surface area (Å²) in [5.74, 6) is 1.19. The number of aromatic nitrogens is 2. The van der Waals surface area contributed by atoms with E-state index in [1.807, 2.05) is 38.1 Å². The van der Waals surface area contributed by atoms with Crippen LogP contribution in [0.25, 0.3) is 11.4 Å². The lowest BCUT2D eigenvalue weighted by atomic mass is 10.1. The number of benzene rings is 1. The number of rotatable bonds is 4. The molecular weight excluding hydrogens is 266 g/mol. The Balaban J connectivity index is 2.66. The van der Waals surface area contributed by atoms with Gasteiger partial charge in [0.25, 0.3) is 5.56 Å². The highest BCUT2D eigenvalue weighted by Crippen LogP contribution is 2.26. The Morgan fingerprint density at radius 1 is 1.38 bits per heavy atom. The molecule has 2 aromatic rings. The normalized spacial score (nSPS) is 11.5. The van der Waals surface area contributed by atoms with Gasteiger partial charge in [0, 0.05) is 12.6 Å². The van der Waals surface area contributed by atoms with Crippen LogP contribution >= 0.6 is 0 Å². The van der Waals surface area contributed by atoms with Crippen LogP contribution in [0, 0.1) is 6.92 Å². The zero-order valence-corrected chi connectivity index (χ0v) is 12.7. The lowest BCUT2D eigenvalue weighted by Crippen LogP contribution is -2.18. The zero-order chi connectivity index (χ0) is 15.4. The van der Waals surface area contributed by atoms with Crippen molar-refractivity contribution in [1.82, 2.24) is 9.97 Å². The number of ether oxygens (including phenoxy) is 1. The van der Waals surface area contributed by atoms with Crippen LogP contribution in [0.5, 0.6) is 5.75 Å². The molecule has 1 aromatic carbocycles. The number of para-hydroxylation sites is 1. The highest BCUT2D eigenvalue weighted by atomic mass is 16.5. The molecule has 0 aliphatic rings. The van der Waals surface area contributed by atoms with Crippen molar-refractivity contribution in [2.24, 2.45) is 4.99 Å². The quantitative estimate of drug-likeness (QED) is 0.878. The van der Waals surface area contributed by atoms with E-state index in [2.05, 4.69) is 15.0 Å². The van der Waals surface area contributed by atoms with Crippen molar-refractivity contribution in [3.63, 3.8) is 0 Å². The third-order valence-electron chi connectivity index (χ3n) is 3.27. The fourth-order valence-electron chi connectivity index (χ4n) is 2.06. The van der Waals surface area contributed by atoms with Crippen molar-refractivity contribution < 1.29 is 4.74 Å². The average molecular weight is 285 g/mol. The van der Waals surface area contributed by atoms with Gasteiger partial charge in [0.05, 0.1) is 23.6 Å². The van der Waals surface area contributed by atoms with Crippen molar-refractivity contribution in [2.75, 3.05) is 13.7 Å². The van der Waals surface area contributed by atoms with Crippen molar-refractivity contribution in [3.8, 4) is 17.1 Å². The molecule has 0 fully saturated rings. The van der Waals surface area contributed by atoms with Gasteiger partial charge in [-0.1, -0.05) is 12.1 Å². The summed E-state index contributed by atoms with van der Waals surface area (Å²) >= 11 is 0. The number of hydrogen-bond donors (Lipinski definition) is 1. The highest BCUT2D eigenvalue weighted by molar-refractivity contribution is 5.98. The van der Waals surface area contributed by atoms with E-state index in [1.165, 1.54) is 0 Å². The predicted molar refractivity (Wildman–Crippen MR) is 84.3 cm³/mol. The highest BCUT2D eigenvalue weighted by Gasteiger charge is 2.13. The van der Waals surface area contributed by atoms with E-state index in [-0.39, 0.29) is 5.56 Å². The first kappa shape index (κ1) is 15.0. The summed E-state index contributed by atoms with van der Waals surface area (Å²) in [7, 11) is 1.69. The lowest BCUT2D eigenvalue weighted by molar-refractivity contribution is 0.341.